The Bertz CT molecular complexity index is 259. The predicted molar refractivity (Wildman–Crippen MR) is 68.8 cm³/mol. The van der Waals surface area contributed by atoms with Gasteiger partial charge in [0.15, 0.2) is 0 Å². The summed E-state index contributed by atoms with van der Waals surface area (Å²) in [5.74, 6) is 0.541. The van der Waals surface area contributed by atoms with Gasteiger partial charge in [-0.2, -0.15) is 0 Å². The molecule has 1 aliphatic carbocycles. The number of amides is 1. The predicted octanol–water partition coefficient (Wildman–Crippen LogP) is 2.42. The molecule has 0 spiro atoms. The van der Waals surface area contributed by atoms with Gasteiger partial charge in [0.25, 0.3) is 0 Å². The van der Waals surface area contributed by atoms with Gasteiger partial charge in [-0.3, -0.25) is 0 Å². The van der Waals surface area contributed by atoms with E-state index in [0.717, 1.165) is 25.7 Å². The van der Waals surface area contributed by atoms with Gasteiger partial charge in [-0.15, -0.1) is 0 Å². The van der Waals surface area contributed by atoms with Crippen LogP contribution in [0.1, 0.15) is 53.4 Å². The monoisotopic (exact) mass is 242 g/mol. The minimum absolute atomic E-state index is 0.0115. The number of nitrogens with one attached hydrogen (secondary N) is 1. The van der Waals surface area contributed by atoms with Crippen molar-refractivity contribution in [3.63, 3.8) is 0 Å². The number of ether oxygens (including phenoxy) is 1. The molecule has 0 unspecified atom stereocenters. The second kappa shape index (κ2) is 5.25. The lowest BCUT2D eigenvalue weighted by Crippen LogP contribution is -2.42. The van der Waals surface area contributed by atoms with Crippen LogP contribution in [0, 0.1) is 5.92 Å². The second-order valence-electron chi connectivity index (χ2n) is 6.48. The topological polar surface area (TPSA) is 64.3 Å². The first-order valence-electron chi connectivity index (χ1n) is 6.44. The van der Waals surface area contributed by atoms with Gasteiger partial charge in [-0.05, 0) is 59.3 Å². The van der Waals surface area contributed by atoms with Crippen molar-refractivity contribution in [3.05, 3.63) is 0 Å². The first kappa shape index (κ1) is 14.3. The Morgan fingerprint density at radius 3 is 2.41 bits per heavy atom. The Balaban J connectivity index is 2.22. The zero-order valence-electron chi connectivity index (χ0n) is 11.5. The van der Waals surface area contributed by atoms with Crippen molar-refractivity contribution in [1.29, 1.82) is 0 Å². The van der Waals surface area contributed by atoms with Crippen LogP contribution in [0.2, 0.25) is 0 Å². The van der Waals surface area contributed by atoms with E-state index in [0.29, 0.717) is 12.5 Å². The third-order valence-electron chi connectivity index (χ3n) is 3.18. The van der Waals surface area contributed by atoms with Crippen molar-refractivity contribution in [2.45, 2.75) is 64.5 Å². The molecule has 0 aromatic carbocycles. The number of rotatable bonds is 2. The average Bonchev–Trinajstić information content (AvgIpc) is 2.13. The van der Waals surface area contributed by atoms with Gasteiger partial charge in [0, 0.05) is 12.1 Å². The molecule has 4 nitrogen and oxygen atoms in total. The van der Waals surface area contributed by atoms with Crippen molar-refractivity contribution in [2.75, 3.05) is 6.54 Å². The Morgan fingerprint density at radius 1 is 1.41 bits per heavy atom. The van der Waals surface area contributed by atoms with Crippen LogP contribution >= 0.6 is 0 Å². The highest BCUT2D eigenvalue weighted by atomic mass is 16.6. The Kier molecular flexibility index (Phi) is 4.42. The number of carbonyl (C=O) groups excluding carboxylic acids is 1. The van der Waals surface area contributed by atoms with E-state index in [1.807, 2.05) is 20.8 Å². The molecule has 0 aromatic heterocycles. The molecule has 0 radical (unpaired) electrons. The molecule has 0 bridgehead atoms. The van der Waals surface area contributed by atoms with Crippen molar-refractivity contribution < 1.29 is 9.53 Å². The fourth-order valence-electron chi connectivity index (χ4n) is 2.08. The molecule has 0 heterocycles. The summed E-state index contributed by atoms with van der Waals surface area (Å²) in [6.07, 6.45) is 3.92. The summed E-state index contributed by atoms with van der Waals surface area (Å²) in [6, 6.07) is 0. The highest BCUT2D eigenvalue weighted by Crippen LogP contribution is 2.29. The van der Waals surface area contributed by atoms with E-state index in [9.17, 15) is 4.79 Å². The van der Waals surface area contributed by atoms with E-state index in [2.05, 4.69) is 12.2 Å². The average molecular weight is 242 g/mol. The summed E-state index contributed by atoms with van der Waals surface area (Å²) in [7, 11) is 0. The summed E-state index contributed by atoms with van der Waals surface area (Å²) in [5.41, 5.74) is 5.63. The van der Waals surface area contributed by atoms with E-state index in [4.69, 9.17) is 10.5 Å². The first-order chi connectivity index (χ1) is 7.68. The van der Waals surface area contributed by atoms with E-state index in [-0.39, 0.29) is 11.6 Å². The van der Waals surface area contributed by atoms with Gasteiger partial charge in [0.05, 0.1) is 0 Å². The summed E-state index contributed by atoms with van der Waals surface area (Å²) in [5, 5.41) is 2.83. The molecule has 100 valence electrons. The molecule has 1 aliphatic rings. The summed E-state index contributed by atoms with van der Waals surface area (Å²) < 4.78 is 5.19. The Morgan fingerprint density at radius 2 is 1.94 bits per heavy atom. The van der Waals surface area contributed by atoms with Crippen LogP contribution in [0.3, 0.4) is 0 Å². The summed E-state index contributed by atoms with van der Waals surface area (Å²) in [4.78, 5) is 11.5. The number of hydrogen-bond donors (Lipinski definition) is 2. The van der Waals surface area contributed by atoms with Gasteiger partial charge in [-0.25, -0.2) is 4.79 Å². The van der Waals surface area contributed by atoms with E-state index in [1.165, 1.54) is 0 Å². The number of alkyl carbamates (subject to hydrolysis) is 1. The van der Waals surface area contributed by atoms with Crippen LogP contribution < -0.4 is 11.1 Å². The molecule has 1 saturated carbocycles. The van der Waals surface area contributed by atoms with Gasteiger partial charge in [0.1, 0.15) is 5.60 Å². The molecule has 0 aliphatic heterocycles. The Labute approximate surface area is 104 Å². The minimum Gasteiger partial charge on any atom is -0.444 e. The zero-order chi connectivity index (χ0) is 13.1. The zero-order valence-corrected chi connectivity index (χ0v) is 11.5. The SMILES string of the molecule is CC1(N)CCC(CNC(=O)OC(C)(C)C)CC1. The fraction of sp³-hybridized carbons (Fsp3) is 0.923. The van der Waals surface area contributed by atoms with Gasteiger partial charge in [0.2, 0.25) is 0 Å². The number of hydrogen-bond acceptors (Lipinski definition) is 3. The van der Waals surface area contributed by atoms with Crippen LogP contribution in [0.4, 0.5) is 4.79 Å². The summed E-state index contributed by atoms with van der Waals surface area (Å²) >= 11 is 0. The normalized spacial score (nSPS) is 29.8. The molecule has 17 heavy (non-hydrogen) atoms. The minimum atomic E-state index is -0.424. The fourth-order valence-corrected chi connectivity index (χ4v) is 2.08. The van der Waals surface area contributed by atoms with Crippen molar-refractivity contribution in [1.82, 2.24) is 5.32 Å². The third kappa shape index (κ3) is 5.91. The molecular weight excluding hydrogens is 216 g/mol. The van der Waals surface area contributed by atoms with Crippen LogP contribution in [-0.4, -0.2) is 23.8 Å². The maximum atomic E-state index is 11.5. The molecule has 0 saturated heterocycles. The molecule has 3 N–H and O–H groups in total. The lowest BCUT2D eigenvalue weighted by Gasteiger charge is -2.34. The van der Waals surface area contributed by atoms with Crippen molar-refractivity contribution in [3.8, 4) is 0 Å². The second-order valence-corrected chi connectivity index (χ2v) is 6.48. The van der Waals surface area contributed by atoms with Crippen LogP contribution in [0.25, 0.3) is 0 Å². The highest BCUT2D eigenvalue weighted by Gasteiger charge is 2.27. The van der Waals surface area contributed by atoms with Crippen LogP contribution in [-0.2, 0) is 4.74 Å². The van der Waals surface area contributed by atoms with Gasteiger partial charge < -0.3 is 15.8 Å². The van der Waals surface area contributed by atoms with E-state index >= 15 is 0 Å². The number of carbonyl (C=O) groups is 1. The molecule has 0 aromatic rings. The highest BCUT2D eigenvalue weighted by molar-refractivity contribution is 5.67. The maximum absolute atomic E-state index is 11.5. The standard InChI is InChI=1S/C13H26N2O2/c1-12(2,3)17-11(16)15-9-10-5-7-13(4,14)8-6-10/h10H,5-9,14H2,1-4H3,(H,15,16). The van der Waals surface area contributed by atoms with Gasteiger partial charge >= 0.3 is 6.09 Å². The molecule has 1 rings (SSSR count). The maximum Gasteiger partial charge on any atom is 0.407 e. The smallest absolute Gasteiger partial charge is 0.407 e. The quantitative estimate of drug-likeness (QED) is 0.781. The lowest BCUT2D eigenvalue weighted by molar-refractivity contribution is 0.0513. The first-order valence-corrected chi connectivity index (χ1v) is 6.44. The van der Waals surface area contributed by atoms with E-state index in [1.54, 1.807) is 0 Å². The molecule has 1 amide bonds. The van der Waals surface area contributed by atoms with Crippen molar-refractivity contribution >= 4 is 6.09 Å². The van der Waals surface area contributed by atoms with Gasteiger partial charge in [-0.1, -0.05) is 0 Å². The number of nitrogens with two attached hydrogens (primary N) is 1. The van der Waals surface area contributed by atoms with Crippen LogP contribution in [0.15, 0.2) is 0 Å². The lowest BCUT2D eigenvalue weighted by atomic mass is 9.78. The van der Waals surface area contributed by atoms with Crippen molar-refractivity contribution in [2.24, 2.45) is 11.7 Å². The molecule has 4 heteroatoms. The largest absolute Gasteiger partial charge is 0.444 e. The molecule has 0 atom stereocenters. The summed E-state index contributed by atoms with van der Waals surface area (Å²) in [6.45, 7) is 8.41. The third-order valence-corrected chi connectivity index (χ3v) is 3.18. The molecular formula is C13H26N2O2. The molecule has 1 fully saturated rings. The Hall–Kier alpha value is -0.770. The van der Waals surface area contributed by atoms with Crippen LogP contribution in [0.5, 0.6) is 0 Å². The van der Waals surface area contributed by atoms with E-state index < -0.39 is 5.60 Å².